The summed E-state index contributed by atoms with van der Waals surface area (Å²) in [6.07, 6.45) is 0.502. The van der Waals surface area contributed by atoms with E-state index >= 15 is 0 Å². The van der Waals surface area contributed by atoms with E-state index in [9.17, 15) is 4.79 Å². The molecule has 5 heteroatoms. The smallest absolute Gasteiger partial charge is 0.222 e. The van der Waals surface area contributed by atoms with Crippen molar-refractivity contribution < 1.29 is 14.3 Å². The summed E-state index contributed by atoms with van der Waals surface area (Å²) >= 11 is 0. The highest BCUT2D eigenvalue weighted by Gasteiger charge is 2.17. The number of carbonyl (C=O) groups is 1. The van der Waals surface area contributed by atoms with Gasteiger partial charge < -0.3 is 20.1 Å². The first-order chi connectivity index (χ1) is 7.72. The third-order valence-electron chi connectivity index (χ3n) is 2.46. The van der Waals surface area contributed by atoms with Gasteiger partial charge in [0.2, 0.25) is 5.91 Å². The summed E-state index contributed by atoms with van der Waals surface area (Å²) in [5, 5.41) is 6.04. The monoisotopic (exact) mass is 230 g/mol. The summed E-state index contributed by atoms with van der Waals surface area (Å²) < 4.78 is 10.8. The quantitative estimate of drug-likeness (QED) is 0.669. The van der Waals surface area contributed by atoms with Crippen LogP contribution in [0.2, 0.25) is 0 Å². The average Bonchev–Trinajstić information content (AvgIpc) is 2.28. The Bertz CT molecular complexity index is 205. The van der Waals surface area contributed by atoms with E-state index in [1.165, 1.54) is 0 Å². The van der Waals surface area contributed by atoms with Crippen LogP contribution in [0.25, 0.3) is 0 Å². The molecule has 1 aliphatic rings. The summed E-state index contributed by atoms with van der Waals surface area (Å²) in [4.78, 5) is 11.5. The van der Waals surface area contributed by atoms with E-state index in [0.29, 0.717) is 26.2 Å². The Morgan fingerprint density at radius 3 is 3.12 bits per heavy atom. The molecule has 0 spiro atoms. The van der Waals surface area contributed by atoms with Crippen LogP contribution in [-0.2, 0) is 14.3 Å². The maximum Gasteiger partial charge on any atom is 0.222 e. The minimum Gasteiger partial charge on any atom is -0.377 e. The minimum atomic E-state index is 0.0103. The molecule has 1 rings (SSSR count). The van der Waals surface area contributed by atoms with Gasteiger partial charge in [0, 0.05) is 26.2 Å². The molecule has 0 aromatic rings. The second-order valence-electron chi connectivity index (χ2n) is 3.97. The molecule has 0 aromatic carbocycles. The van der Waals surface area contributed by atoms with E-state index in [1.807, 2.05) is 13.8 Å². The Hall–Kier alpha value is -0.650. The van der Waals surface area contributed by atoms with Gasteiger partial charge in [0.05, 0.1) is 25.2 Å². The number of morpholine rings is 1. The molecule has 0 saturated carbocycles. The van der Waals surface area contributed by atoms with Gasteiger partial charge in [0.25, 0.3) is 0 Å². The van der Waals surface area contributed by atoms with E-state index in [4.69, 9.17) is 9.47 Å². The molecule has 94 valence electrons. The van der Waals surface area contributed by atoms with E-state index in [0.717, 1.165) is 13.1 Å². The van der Waals surface area contributed by atoms with Crippen LogP contribution in [0.1, 0.15) is 20.3 Å². The van der Waals surface area contributed by atoms with Crippen molar-refractivity contribution in [3.8, 4) is 0 Å². The molecular formula is C11H22N2O3. The van der Waals surface area contributed by atoms with Crippen LogP contribution >= 0.6 is 0 Å². The van der Waals surface area contributed by atoms with Crippen LogP contribution in [0.5, 0.6) is 0 Å². The van der Waals surface area contributed by atoms with Gasteiger partial charge in [-0.25, -0.2) is 0 Å². The molecule has 16 heavy (non-hydrogen) atoms. The number of ether oxygens (including phenoxy) is 2. The van der Waals surface area contributed by atoms with Crippen molar-refractivity contribution in [1.82, 2.24) is 10.6 Å². The van der Waals surface area contributed by atoms with Crippen LogP contribution in [0.3, 0.4) is 0 Å². The molecule has 5 nitrogen and oxygen atoms in total. The van der Waals surface area contributed by atoms with Gasteiger partial charge in [-0.15, -0.1) is 0 Å². The maximum absolute atomic E-state index is 11.5. The second-order valence-corrected chi connectivity index (χ2v) is 3.97. The van der Waals surface area contributed by atoms with Gasteiger partial charge in [-0.3, -0.25) is 4.79 Å². The SMILES string of the molecule is CCOC(C)CNC(=O)CC1CNCCO1. The van der Waals surface area contributed by atoms with Crippen LogP contribution in [0, 0.1) is 0 Å². The van der Waals surface area contributed by atoms with Crippen molar-refractivity contribution in [2.45, 2.75) is 32.5 Å². The molecule has 2 atom stereocenters. The fourth-order valence-corrected chi connectivity index (χ4v) is 1.63. The number of amides is 1. The van der Waals surface area contributed by atoms with Gasteiger partial charge in [-0.2, -0.15) is 0 Å². The first-order valence-electron chi connectivity index (χ1n) is 5.93. The van der Waals surface area contributed by atoms with Crippen molar-refractivity contribution in [2.75, 3.05) is 32.8 Å². The molecule has 1 heterocycles. The molecule has 1 aliphatic heterocycles. The lowest BCUT2D eigenvalue weighted by molar-refractivity contribution is -0.125. The highest BCUT2D eigenvalue weighted by molar-refractivity contribution is 5.76. The summed E-state index contributed by atoms with van der Waals surface area (Å²) in [5.74, 6) is 0.0280. The van der Waals surface area contributed by atoms with Crippen LogP contribution in [0.15, 0.2) is 0 Å². The van der Waals surface area contributed by atoms with Crippen molar-refractivity contribution in [1.29, 1.82) is 0 Å². The third kappa shape index (κ3) is 5.44. The highest BCUT2D eigenvalue weighted by atomic mass is 16.5. The van der Waals surface area contributed by atoms with Crippen molar-refractivity contribution >= 4 is 5.91 Å². The average molecular weight is 230 g/mol. The zero-order valence-corrected chi connectivity index (χ0v) is 10.1. The minimum absolute atomic E-state index is 0.0103. The van der Waals surface area contributed by atoms with E-state index in [2.05, 4.69) is 10.6 Å². The van der Waals surface area contributed by atoms with Crippen molar-refractivity contribution in [2.24, 2.45) is 0 Å². The summed E-state index contributed by atoms with van der Waals surface area (Å²) in [6, 6.07) is 0. The topological polar surface area (TPSA) is 59.6 Å². The highest BCUT2D eigenvalue weighted by Crippen LogP contribution is 2.01. The Balaban J connectivity index is 2.10. The predicted octanol–water partition coefficient (Wildman–Crippen LogP) is -0.0939. The standard InChI is InChI=1S/C11H22N2O3/c1-3-15-9(2)7-13-11(14)6-10-8-12-4-5-16-10/h9-10,12H,3-8H2,1-2H3,(H,13,14). The first-order valence-corrected chi connectivity index (χ1v) is 5.93. The van der Waals surface area contributed by atoms with Gasteiger partial charge in [0.15, 0.2) is 0 Å². The van der Waals surface area contributed by atoms with Gasteiger partial charge in [-0.05, 0) is 13.8 Å². The van der Waals surface area contributed by atoms with Crippen LogP contribution < -0.4 is 10.6 Å². The molecule has 2 N–H and O–H groups in total. The Morgan fingerprint density at radius 2 is 2.50 bits per heavy atom. The molecular weight excluding hydrogens is 208 g/mol. The molecule has 1 fully saturated rings. The predicted molar refractivity (Wildman–Crippen MR) is 61.3 cm³/mol. The maximum atomic E-state index is 11.5. The van der Waals surface area contributed by atoms with Crippen molar-refractivity contribution in [3.05, 3.63) is 0 Å². The number of rotatable bonds is 6. The summed E-state index contributed by atoms with van der Waals surface area (Å²) in [6.45, 7) is 7.45. The van der Waals surface area contributed by atoms with Crippen LogP contribution in [-0.4, -0.2) is 51.0 Å². The molecule has 0 bridgehead atoms. The van der Waals surface area contributed by atoms with Crippen molar-refractivity contribution in [3.63, 3.8) is 0 Å². The molecule has 0 aromatic heterocycles. The molecule has 1 saturated heterocycles. The molecule has 2 unspecified atom stereocenters. The van der Waals surface area contributed by atoms with E-state index in [-0.39, 0.29) is 18.1 Å². The second kappa shape index (κ2) is 7.60. The van der Waals surface area contributed by atoms with Crippen LogP contribution in [0.4, 0.5) is 0 Å². The molecule has 0 radical (unpaired) electrons. The number of nitrogens with one attached hydrogen (secondary N) is 2. The zero-order chi connectivity index (χ0) is 11.8. The normalized spacial score (nSPS) is 22.8. The fraction of sp³-hybridized carbons (Fsp3) is 0.909. The number of hydrogen-bond donors (Lipinski definition) is 2. The summed E-state index contributed by atoms with van der Waals surface area (Å²) in [7, 11) is 0. The Kier molecular flexibility index (Phi) is 6.37. The molecule has 0 aliphatic carbocycles. The number of carbonyl (C=O) groups excluding carboxylic acids is 1. The third-order valence-corrected chi connectivity index (χ3v) is 2.46. The lowest BCUT2D eigenvalue weighted by Crippen LogP contribution is -2.42. The Morgan fingerprint density at radius 1 is 1.69 bits per heavy atom. The number of hydrogen-bond acceptors (Lipinski definition) is 4. The van der Waals surface area contributed by atoms with Gasteiger partial charge in [0.1, 0.15) is 0 Å². The lowest BCUT2D eigenvalue weighted by atomic mass is 10.2. The first kappa shape index (κ1) is 13.4. The van der Waals surface area contributed by atoms with E-state index in [1.54, 1.807) is 0 Å². The Labute approximate surface area is 96.9 Å². The molecule has 1 amide bonds. The largest absolute Gasteiger partial charge is 0.377 e. The van der Waals surface area contributed by atoms with Gasteiger partial charge >= 0.3 is 0 Å². The van der Waals surface area contributed by atoms with E-state index < -0.39 is 0 Å². The zero-order valence-electron chi connectivity index (χ0n) is 10.1. The van der Waals surface area contributed by atoms with Gasteiger partial charge in [-0.1, -0.05) is 0 Å². The fourth-order valence-electron chi connectivity index (χ4n) is 1.63. The lowest BCUT2D eigenvalue weighted by Gasteiger charge is -2.23. The summed E-state index contributed by atoms with van der Waals surface area (Å²) in [5.41, 5.74) is 0.